The molecule has 3 rings (SSSR count). The van der Waals surface area contributed by atoms with Gasteiger partial charge in [0.15, 0.2) is 11.5 Å². The quantitative estimate of drug-likeness (QED) is 0.604. The average Bonchev–Trinajstić information content (AvgIpc) is 2.98. The van der Waals surface area contributed by atoms with E-state index in [0.29, 0.717) is 35.4 Å². The number of hydrogen-bond acceptors (Lipinski definition) is 4. The van der Waals surface area contributed by atoms with Gasteiger partial charge in [0, 0.05) is 6.54 Å². The van der Waals surface area contributed by atoms with E-state index < -0.39 is 0 Å². The zero-order chi connectivity index (χ0) is 20.8. The fourth-order valence-electron chi connectivity index (χ4n) is 2.90. The van der Waals surface area contributed by atoms with Crippen LogP contribution in [0.25, 0.3) is 0 Å². The SMILES string of the molecule is COc1cc(CNC(=O)Cn2nc(C)c(Cl)c2C)ccc1OCc1ccccc1. The van der Waals surface area contributed by atoms with Crippen LogP contribution in [0.1, 0.15) is 22.5 Å². The monoisotopic (exact) mass is 413 g/mol. The Bertz CT molecular complexity index is 986. The van der Waals surface area contributed by atoms with Crippen molar-refractivity contribution in [2.24, 2.45) is 0 Å². The van der Waals surface area contributed by atoms with Crippen LogP contribution in [0.2, 0.25) is 5.02 Å². The van der Waals surface area contributed by atoms with Gasteiger partial charge in [-0.05, 0) is 37.1 Å². The summed E-state index contributed by atoms with van der Waals surface area (Å²) in [4.78, 5) is 12.3. The molecule has 0 fully saturated rings. The summed E-state index contributed by atoms with van der Waals surface area (Å²) in [6.07, 6.45) is 0. The Balaban J connectivity index is 1.58. The smallest absolute Gasteiger partial charge is 0.242 e. The summed E-state index contributed by atoms with van der Waals surface area (Å²) in [5.74, 6) is 1.14. The second-order valence-electron chi connectivity index (χ2n) is 6.68. The Morgan fingerprint density at radius 3 is 2.52 bits per heavy atom. The summed E-state index contributed by atoms with van der Waals surface area (Å²) in [6, 6.07) is 15.5. The molecule has 1 aromatic heterocycles. The molecule has 0 atom stereocenters. The molecule has 0 saturated carbocycles. The van der Waals surface area contributed by atoms with Gasteiger partial charge < -0.3 is 14.8 Å². The molecule has 7 heteroatoms. The summed E-state index contributed by atoms with van der Waals surface area (Å²) in [5, 5.41) is 7.76. The van der Waals surface area contributed by atoms with Crippen molar-refractivity contribution in [3.05, 3.63) is 76.1 Å². The van der Waals surface area contributed by atoms with Crippen molar-refractivity contribution in [2.45, 2.75) is 33.5 Å². The van der Waals surface area contributed by atoms with Crippen LogP contribution >= 0.6 is 11.6 Å². The fraction of sp³-hybridized carbons (Fsp3) is 0.273. The zero-order valence-corrected chi connectivity index (χ0v) is 17.5. The molecule has 0 aliphatic rings. The molecular formula is C22H24ClN3O3. The number of ether oxygens (including phenoxy) is 2. The lowest BCUT2D eigenvalue weighted by Crippen LogP contribution is -2.28. The molecule has 0 aliphatic carbocycles. The van der Waals surface area contributed by atoms with Gasteiger partial charge in [0.05, 0.1) is 23.5 Å². The molecule has 0 saturated heterocycles. The summed E-state index contributed by atoms with van der Waals surface area (Å²) in [5.41, 5.74) is 3.48. The third-order valence-electron chi connectivity index (χ3n) is 4.54. The number of carbonyl (C=O) groups excluding carboxylic acids is 1. The maximum Gasteiger partial charge on any atom is 0.242 e. The van der Waals surface area contributed by atoms with Crippen LogP contribution in [0.15, 0.2) is 48.5 Å². The summed E-state index contributed by atoms with van der Waals surface area (Å²) in [7, 11) is 1.60. The number of benzene rings is 2. The Kier molecular flexibility index (Phi) is 6.77. The van der Waals surface area contributed by atoms with Gasteiger partial charge in [0.25, 0.3) is 0 Å². The average molecular weight is 414 g/mol. The summed E-state index contributed by atoms with van der Waals surface area (Å²) >= 11 is 6.13. The molecule has 29 heavy (non-hydrogen) atoms. The fourth-order valence-corrected chi connectivity index (χ4v) is 3.03. The van der Waals surface area contributed by atoms with E-state index in [1.807, 2.05) is 62.4 Å². The molecule has 6 nitrogen and oxygen atoms in total. The zero-order valence-electron chi connectivity index (χ0n) is 16.7. The first-order valence-electron chi connectivity index (χ1n) is 9.27. The van der Waals surface area contributed by atoms with E-state index in [9.17, 15) is 4.79 Å². The van der Waals surface area contributed by atoms with E-state index in [2.05, 4.69) is 10.4 Å². The molecule has 2 aromatic carbocycles. The second-order valence-corrected chi connectivity index (χ2v) is 7.06. The number of aromatic nitrogens is 2. The van der Waals surface area contributed by atoms with E-state index in [1.165, 1.54) is 0 Å². The molecule has 0 radical (unpaired) electrons. The first kappa shape index (κ1) is 20.7. The molecule has 1 N–H and O–H groups in total. The lowest BCUT2D eigenvalue weighted by atomic mass is 10.2. The predicted octanol–water partition coefficient (Wildman–Crippen LogP) is 4.06. The lowest BCUT2D eigenvalue weighted by molar-refractivity contribution is -0.122. The molecule has 0 spiro atoms. The largest absolute Gasteiger partial charge is 0.493 e. The van der Waals surface area contributed by atoms with Crippen molar-refractivity contribution in [1.82, 2.24) is 15.1 Å². The minimum absolute atomic E-state index is 0.120. The normalized spacial score (nSPS) is 10.6. The molecule has 152 valence electrons. The third kappa shape index (κ3) is 5.29. The van der Waals surface area contributed by atoms with Gasteiger partial charge in [-0.15, -0.1) is 0 Å². The Labute approximate surface area is 175 Å². The highest BCUT2D eigenvalue weighted by Crippen LogP contribution is 2.29. The first-order chi connectivity index (χ1) is 14.0. The van der Waals surface area contributed by atoms with Crippen LogP contribution in [0.5, 0.6) is 11.5 Å². The number of rotatable bonds is 8. The molecule has 1 amide bonds. The minimum Gasteiger partial charge on any atom is -0.493 e. The number of carbonyl (C=O) groups is 1. The first-order valence-corrected chi connectivity index (χ1v) is 9.65. The van der Waals surface area contributed by atoms with Crippen molar-refractivity contribution in [3.8, 4) is 11.5 Å². The molecule has 0 bridgehead atoms. The van der Waals surface area contributed by atoms with Gasteiger partial charge in [-0.25, -0.2) is 0 Å². The van der Waals surface area contributed by atoms with E-state index in [4.69, 9.17) is 21.1 Å². The highest BCUT2D eigenvalue weighted by atomic mass is 35.5. The molecule has 0 aliphatic heterocycles. The van der Waals surface area contributed by atoms with Crippen LogP contribution < -0.4 is 14.8 Å². The van der Waals surface area contributed by atoms with Crippen LogP contribution in [0.3, 0.4) is 0 Å². The van der Waals surface area contributed by atoms with Crippen molar-refractivity contribution in [3.63, 3.8) is 0 Å². The topological polar surface area (TPSA) is 65.4 Å². The Morgan fingerprint density at radius 1 is 1.10 bits per heavy atom. The van der Waals surface area contributed by atoms with Crippen LogP contribution in [0.4, 0.5) is 0 Å². The Morgan fingerprint density at radius 2 is 1.86 bits per heavy atom. The number of methoxy groups -OCH3 is 1. The van der Waals surface area contributed by atoms with Crippen LogP contribution in [-0.4, -0.2) is 22.8 Å². The van der Waals surface area contributed by atoms with E-state index in [1.54, 1.807) is 11.8 Å². The van der Waals surface area contributed by atoms with Gasteiger partial charge in [0.2, 0.25) is 5.91 Å². The van der Waals surface area contributed by atoms with Crippen molar-refractivity contribution in [2.75, 3.05) is 7.11 Å². The van der Waals surface area contributed by atoms with E-state index >= 15 is 0 Å². The van der Waals surface area contributed by atoms with Gasteiger partial charge >= 0.3 is 0 Å². The van der Waals surface area contributed by atoms with Crippen molar-refractivity contribution >= 4 is 17.5 Å². The number of nitrogens with one attached hydrogen (secondary N) is 1. The number of amides is 1. The molecule has 3 aromatic rings. The van der Waals surface area contributed by atoms with Gasteiger partial charge in [-0.3, -0.25) is 9.48 Å². The molecular weight excluding hydrogens is 390 g/mol. The Hall–Kier alpha value is -2.99. The maximum absolute atomic E-state index is 12.3. The predicted molar refractivity (Wildman–Crippen MR) is 112 cm³/mol. The lowest BCUT2D eigenvalue weighted by Gasteiger charge is -2.13. The standard InChI is InChI=1S/C22H24ClN3O3/c1-15-22(23)16(2)26(25-15)13-21(27)24-12-18-9-10-19(20(11-18)28-3)29-14-17-7-5-4-6-8-17/h4-11H,12-14H2,1-3H3,(H,24,27). The van der Waals surface area contributed by atoms with E-state index in [0.717, 1.165) is 16.8 Å². The van der Waals surface area contributed by atoms with Gasteiger partial charge in [-0.1, -0.05) is 48.0 Å². The molecule has 0 unspecified atom stereocenters. The van der Waals surface area contributed by atoms with Crippen molar-refractivity contribution in [1.29, 1.82) is 0 Å². The number of hydrogen-bond donors (Lipinski definition) is 1. The van der Waals surface area contributed by atoms with Gasteiger partial charge in [0.1, 0.15) is 13.2 Å². The van der Waals surface area contributed by atoms with Crippen LogP contribution in [0, 0.1) is 13.8 Å². The highest BCUT2D eigenvalue weighted by Gasteiger charge is 2.12. The minimum atomic E-state index is -0.143. The number of aryl methyl sites for hydroxylation is 1. The van der Waals surface area contributed by atoms with Gasteiger partial charge in [-0.2, -0.15) is 5.10 Å². The maximum atomic E-state index is 12.3. The van der Waals surface area contributed by atoms with E-state index in [-0.39, 0.29) is 12.5 Å². The van der Waals surface area contributed by atoms with Crippen molar-refractivity contribution < 1.29 is 14.3 Å². The number of nitrogens with zero attached hydrogens (tertiary/aromatic N) is 2. The second kappa shape index (κ2) is 9.47. The molecule has 1 heterocycles. The van der Waals surface area contributed by atoms with Crippen LogP contribution in [-0.2, 0) is 24.5 Å². The third-order valence-corrected chi connectivity index (χ3v) is 5.09. The number of halogens is 1. The summed E-state index contributed by atoms with van der Waals surface area (Å²) < 4.78 is 12.9. The summed E-state index contributed by atoms with van der Waals surface area (Å²) in [6.45, 7) is 4.61. The highest BCUT2D eigenvalue weighted by molar-refractivity contribution is 6.31.